The number of pyridine rings is 2. The topological polar surface area (TPSA) is 51.6 Å². The van der Waals surface area contributed by atoms with Crippen LogP contribution in [0.1, 0.15) is 45.2 Å². The first kappa shape index (κ1) is 18.6. The van der Waals surface area contributed by atoms with Crippen LogP contribution in [0.15, 0.2) is 97.3 Å². The van der Waals surface area contributed by atoms with Crippen LogP contribution in [-0.4, -0.2) is 19.9 Å². The number of rotatable bonds is 0. The molecule has 0 aliphatic heterocycles. The predicted molar refractivity (Wildman–Crippen MR) is 142 cm³/mol. The minimum absolute atomic E-state index is 0.221. The summed E-state index contributed by atoms with van der Waals surface area (Å²) in [6.07, 6.45) is 3.64. The molecule has 0 saturated heterocycles. The average Bonchev–Trinajstić information content (AvgIpc) is 2.95. The molecule has 0 N–H and O–H groups in total. The van der Waals surface area contributed by atoms with Crippen LogP contribution in [0.5, 0.6) is 0 Å². The van der Waals surface area contributed by atoms with E-state index < -0.39 is 0 Å². The van der Waals surface area contributed by atoms with E-state index in [1.54, 1.807) is 0 Å². The van der Waals surface area contributed by atoms with Crippen LogP contribution < -0.4 is 0 Å². The van der Waals surface area contributed by atoms with Crippen LogP contribution in [-0.2, 0) is 0 Å². The summed E-state index contributed by atoms with van der Waals surface area (Å²) >= 11 is 0. The lowest BCUT2D eigenvalue weighted by Gasteiger charge is -2.42. The maximum atomic E-state index is 5.23. The molecule has 7 aromatic rings. The van der Waals surface area contributed by atoms with Crippen LogP contribution in [0.4, 0.5) is 0 Å². The Morgan fingerprint density at radius 3 is 1.25 bits per heavy atom. The van der Waals surface area contributed by atoms with E-state index in [1.165, 1.54) is 33.4 Å². The summed E-state index contributed by atoms with van der Waals surface area (Å²) in [4.78, 5) is 19.8. The first-order valence-corrected chi connectivity index (χ1v) is 12.3. The predicted octanol–water partition coefficient (Wildman–Crippen LogP) is 6.87. The molecule has 36 heavy (non-hydrogen) atoms. The maximum Gasteiger partial charge on any atom is 0.0996 e. The third kappa shape index (κ3) is 2.20. The van der Waals surface area contributed by atoms with Gasteiger partial charge in [0, 0.05) is 35.0 Å². The minimum Gasteiger partial charge on any atom is -0.254 e. The van der Waals surface area contributed by atoms with E-state index in [0.29, 0.717) is 0 Å². The molecular weight excluding hydrogens is 440 g/mol. The van der Waals surface area contributed by atoms with Gasteiger partial charge in [0.2, 0.25) is 0 Å². The third-order valence-corrected chi connectivity index (χ3v) is 8.08. The minimum atomic E-state index is 0.221. The highest BCUT2D eigenvalue weighted by Crippen LogP contribution is 2.56. The summed E-state index contributed by atoms with van der Waals surface area (Å²) in [5.74, 6) is 0.442. The maximum absolute atomic E-state index is 5.23. The van der Waals surface area contributed by atoms with Crippen molar-refractivity contribution in [3.63, 3.8) is 0 Å². The molecule has 4 aromatic carbocycles. The van der Waals surface area contributed by atoms with Gasteiger partial charge in [-0.1, -0.05) is 48.5 Å². The van der Waals surface area contributed by atoms with E-state index in [0.717, 1.165) is 43.9 Å². The highest BCUT2D eigenvalue weighted by Gasteiger charge is 2.41. The van der Waals surface area contributed by atoms with Crippen LogP contribution in [0.2, 0.25) is 0 Å². The van der Waals surface area contributed by atoms with Gasteiger partial charge in [0.15, 0.2) is 0 Å². The van der Waals surface area contributed by atoms with Crippen molar-refractivity contribution in [1.29, 1.82) is 0 Å². The second-order valence-corrected chi connectivity index (χ2v) is 9.81. The summed E-state index contributed by atoms with van der Waals surface area (Å²) in [5.41, 5.74) is 13.7. The molecule has 0 fully saturated rings. The van der Waals surface area contributed by atoms with Crippen LogP contribution in [0.3, 0.4) is 0 Å². The highest BCUT2D eigenvalue weighted by atomic mass is 14.8. The Kier molecular flexibility index (Phi) is 3.36. The van der Waals surface area contributed by atoms with Gasteiger partial charge in [0.1, 0.15) is 0 Å². The summed E-state index contributed by atoms with van der Waals surface area (Å²) < 4.78 is 0. The highest BCUT2D eigenvalue weighted by molar-refractivity contribution is 6.21. The quantitative estimate of drug-likeness (QED) is 0.184. The van der Waals surface area contributed by atoms with Gasteiger partial charge in [-0.15, -0.1) is 0 Å². The zero-order valence-corrected chi connectivity index (χ0v) is 19.2. The molecule has 0 amide bonds. The Labute approximate surface area is 206 Å². The first-order valence-electron chi connectivity index (χ1n) is 12.3. The molecular formula is C32H18N4. The Bertz CT molecular complexity index is 1880. The van der Waals surface area contributed by atoms with Crippen LogP contribution in [0, 0.1) is 0 Å². The van der Waals surface area contributed by atoms with Gasteiger partial charge in [0.05, 0.1) is 33.1 Å². The number of hydrogen-bond acceptors (Lipinski definition) is 4. The number of fused-ring (bicyclic) bond motifs is 7. The number of benzene rings is 4. The van der Waals surface area contributed by atoms with Gasteiger partial charge in [-0.2, -0.15) is 0 Å². The fraction of sp³-hybridized carbons (Fsp3) is 0.0625. The van der Waals surface area contributed by atoms with Crippen molar-refractivity contribution in [2.45, 2.75) is 11.8 Å². The van der Waals surface area contributed by atoms with Gasteiger partial charge >= 0.3 is 0 Å². The zero-order valence-electron chi connectivity index (χ0n) is 19.2. The lowest BCUT2D eigenvalue weighted by molar-refractivity contribution is 0.756. The monoisotopic (exact) mass is 458 g/mol. The molecule has 0 spiro atoms. The van der Waals surface area contributed by atoms with Gasteiger partial charge < -0.3 is 0 Å². The molecule has 0 atom stereocenters. The van der Waals surface area contributed by atoms with Crippen molar-refractivity contribution < 1.29 is 0 Å². The molecule has 3 heterocycles. The molecule has 4 heteroatoms. The van der Waals surface area contributed by atoms with Gasteiger partial charge in [0.25, 0.3) is 0 Å². The van der Waals surface area contributed by atoms with Crippen molar-refractivity contribution in [3.8, 4) is 0 Å². The van der Waals surface area contributed by atoms with E-state index in [-0.39, 0.29) is 11.8 Å². The molecule has 3 aromatic heterocycles. The molecule has 3 aliphatic carbocycles. The SMILES string of the molecule is c1ccc2c(c1)C1c3ccccc3C2c2cc3nc4c5cccnc5c5ncccc5c4nc3cc21. The summed E-state index contributed by atoms with van der Waals surface area (Å²) in [6, 6.07) is 30.5. The summed E-state index contributed by atoms with van der Waals surface area (Å²) in [6.45, 7) is 0. The third-order valence-electron chi connectivity index (χ3n) is 8.08. The Morgan fingerprint density at radius 2 is 0.833 bits per heavy atom. The van der Waals surface area contributed by atoms with Gasteiger partial charge in [-0.05, 0) is 69.8 Å². The Balaban J connectivity index is 1.42. The second kappa shape index (κ2) is 6.49. The van der Waals surface area contributed by atoms with Crippen molar-refractivity contribution in [2.24, 2.45) is 0 Å². The average molecular weight is 459 g/mol. The number of aromatic nitrogens is 4. The molecule has 166 valence electrons. The van der Waals surface area contributed by atoms with E-state index in [1.807, 2.05) is 24.5 Å². The Hall–Kier alpha value is -4.70. The summed E-state index contributed by atoms with van der Waals surface area (Å²) in [7, 11) is 0. The van der Waals surface area contributed by atoms with E-state index in [9.17, 15) is 0 Å². The first-order chi connectivity index (χ1) is 17.9. The lowest BCUT2D eigenvalue weighted by Crippen LogP contribution is -2.27. The number of hydrogen-bond donors (Lipinski definition) is 0. The molecule has 4 nitrogen and oxygen atoms in total. The standard InChI is InChI=1S/C32H18N4/c1-2-8-18-17(7-1)27-19-9-3-4-10-20(19)28(18)24-16-26-25(15-23(24)27)35-31-21-11-5-13-33-29(21)30-22(32(31)36-26)12-6-14-34-30/h1-16,27-28H. The fourth-order valence-electron chi connectivity index (χ4n) is 6.66. The van der Waals surface area contributed by atoms with Gasteiger partial charge in [-0.25, -0.2) is 9.97 Å². The molecule has 0 unspecified atom stereocenters. The van der Waals surface area contributed by atoms with Crippen molar-refractivity contribution in [1.82, 2.24) is 19.9 Å². The summed E-state index contributed by atoms with van der Waals surface area (Å²) in [5, 5.41) is 1.98. The van der Waals surface area contributed by atoms with E-state index in [2.05, 4.69) is 82.8 Å². The lowest BCUT2D eigenvalue weighted by atomic mass is 9.61. The van der Waals surface area contributed by atoms with Gasteiger partial charge in [-0.3, -0.25) is 9.97 Å². The zero-order chi connectivity index (χ0) is 23.4. The molecule has 3 aliphatic rings. The molecule has 10 rings (SSSR count). The molecule has 0 radical (unpaired) electrons. The fourth-order valence-corrected chi connectivity index (χ4v) is 6.66. The normalized spacial score (nSPS) is 17.4. The smallest absolute Gasteiger partial charge is 0.0996 e. The molecule has 2 bridgehead atoms. The van der Waals surface area contributed by atoms with Crippen molar-refractivity contribution in [3.05, 3.63) is 131 Å². The molecule has 0 saturated carbocycles. The number of nitrogens with zero attached hydrogens (tertiary/aromatic N) is 4. The van der Waals surface area contributed by atoms with E-state index >= 15 is 0 Å². The van der Waals surface area contributed by atoms with Crippen molar-refractivity contribution in [2.75, 3.05) is 0 Å². The van der Waals surface area contributed by atoms with Crippen LogP contribution in [0.25, 0.3) is 43.9 Å². The van der Waals surface area contributed by atoms with Crippen molar-refractivity contribution >= 4 is 43.9 Å². The largest absolute Gasteiger partial charge is 0.254 e. The second-order valence-electron chi connectivity index (χ2n) is 9.81. The van der Waals surface area contributed by atoms with E-state index in [4.69, 9.17) is 9.97 Å². The Morgan fingerprint density at radius 1 is 0.417 bits per heavy atom. The van der Waals surface area contributed by atoms with Crippen LogP contribution >= 0.6 is 0 Å².